The van der Waals surface area contributed by atoms with Crippen molar-refractivity contribution < 1.29 is 4.74 Å². The molecule has 0 saturated heterocycles. The van der Waals surface area contributed by atoms with Gasteiger partial charge in [0.05, 0.1) is 18.2 Å². The van der Waals surface area contributed by atoms with Gasteiger partial charge >= 0.3 is 0 Å². The first-order chi connectivity index (χ1) is 9.83. The van der Waals surface area contributed by atoms with Crippen molar-refractivity contribution in [2.45, 2.75) is 6.61 Å². The van der Waals surface area contributed by atoms with E-state index in [-0.39, 0.29) is 0 Å². The molecule has 2 N–H and O–H groups in total. The van der Waals surface area contributed by atoms with Crippen LogP contribution in [0.5, 0.6) is 5.75 Å². The summed E-state index contributed by atoms with van der Waals surface area (Å²) in [6.45, 7) is 0.693. The Hall–Kier alpha value is -2.75. The average Bonchev–Trinajstić information content (AvgIpc) is 2.51. The maximum atomic E-state index is 9.02. The maximum absolute atomic E-state index is 9.02. The molecule has 0 saturated carbocycles. The fourth-order valence-corrected chi connectivity index (χ4v) is 1.73. The molecule has 2 aromatic carbocycles. The highest BCUT2D eigenvalue weighted by Gasteiger charge is 2.02. The molecule has 0 aliphatic heterocycles. The van der Waals surface area contributed by atoms with Crippen molar-refractivity contribution in [1.29, 1.82) is 5.26 Å². The predicted octanol–water partition coefficient (Wildman–Crippen LogP) is 2.45. The van der Waals surface area contributed by atoms with Gasteiger partial charge in [-0.05, 0) is 24.3 Å². The number of nitriles is 1. The van der Waals surface area contributed by atoms with Gasteiger partial charge in [0.15, 0.2) is 0 Å². The standard InChI is InChI=1S/C17H14N2O/c18-10-4-6-14-5-3-9-17(11-14)20-13-16-8-2-1-7-15(16)12-19/h1-3,5,7-9,11H,10,13,18H2. The van der Waals surface area contributed by atoms with Gasteiger partial charge in [0.2, 0.25) is 0 Å². The summed E-state index contributed by atoms with van der Waals surface area (Å²) in [5.74, 6) is 6.48. The van der Waals surface area contributed by atoms with Gasteiger partial charge in [-0.15, -0.1) is 0 Å². The van der Waals surface area contributed by atoms with Gasteiger partial charge in [0, 0.05) is 11.1 Å². The second-order valence-electron chi connectivity index (χ2n) is 4.09. The van der Waals surface area contributed by atoms with Crippen LogP contribution in [0.2, 0.25) is 0 Å². The molecule has 0 aliphatic carbocycles. The lowest BCUT2D eigenvalue weighted by molar-refractivity contribution is 0.306. The third-order valence-electron chi connectivity index (χ3n) is 2.70. The molecule has 2 rings (SSSR count). The smallest absolute Gasteiger partial charge is 0.121 e. The second-order valence-corrected chi connectivity index (χ2v) is 4.09. The van der Waals surface area contributed by atoms with Crippen molar-refractivity contribution >= 4 is 0 Å². The van der Waals surface area contributed by atoms with E-state index in [2.05, 4.69) is 17.9 Å². The van der Waals surface area contributed by atoms with Crippen molar-refractivity contribution in [2.24, 2.45) is 5.73 Å². The minimum absolute atomic E-state index is 0.334. The molecule has 20 heavy (non-hydrogen) atoms. The summed E-state index contributed by atoms with van der Waals surface area (Å²) in [5.41, 5.74) is 7.71. The summed E-state index contributed by atoms with van der Waals surface area (Å²) >= 11 is 0. The van der Waals surface area contributed by atoms with Gasteiger partial charge in [0.1, 0.15) is 12.4 Å². The lowest BCUT2D eigenvalue weighted by Crippen LogP contribution is -1.98. The van der Waals surface area contributed by atoms with Crippen molar-refractivity contribution in [3.8, 4) is 23.7 Å². The lowest BCUT2D eigenvalue weighted by atomic mass is 10.1. The Morgan fingerprint density at radius 3 is 2.75 bits per heavy atom. The van der Waals surface area contributed by atoms with Crippen LogP contribution in [0.3, 0.4) is 0 Å². The van der Waals surface area contributed by atoms with E-state index in [1.165, 1.54) is 0 Å². The normalized spacial score (nSPS) is 9.20. The number of benzene rings is 2. The fourth-order valence-electron chi connectivity index (χ4n) is 1.73. The molecular weight excluding hydrogens is 248 g/mol. The highest BCUT2D eigenvalue weighted by Crippen LogP contribution is 2.16. The van der Waals surface area contributed by atoms with Crippen LogP contribution in [0.25, 0.3) is 0 Å². The summed E-state index contributed by atoms with van der Waals surface area (Å²) in [6.07, 6.45) is 0. The van der Waals surface area contributed by atoms with Crippen LogP contribution in [0.1, 0.15) is 16.7 Å². The van der Waals surface area contributed by atoms with Gasteiger partial charge < -0.3 is 10.5 Å². The minimum atomic E-state index is 0.334. The third-order valence-corrected chi connectivity index (χ3v) is 2.70. The highest BCUT2D eigenvalue weighted by atomic mass is 16.5. The first-order valence-electron chi connectivity index (χ1n) is 6.23. The zero-order valence-electron chi connectivity index (χ0n) is 11.0. The van der Waals surface area contributed by atoms with Crippen molar-refractivity contribution in [1.82, 2.24) is 0 Å². The molecule has 0 aromatic heterocycles. The Bertz CT molecular complexity index is 690. The molecule has 0 heterocycles. The second kappa shape index (κ2) is 6.99. The van der Waals surface area contributed by atoms with E-state index in [4.69, 9.17) is 15.7 Å². The molecule has 98 valence electrons. The van der Waals surface area contributed by atoms with Crippen molar-refractivity contribution in [2.75, 3.05) is 6.54 Å². The largest absolute Gasteiger partial charge is 0.489 e. The van der Waals surface area contributed by atoms with E-state index in [9.17, 15) is 0 Å². The molecule has 0 fully saturated rings. The number of ether oxygens (including phenoxy) is 1. The first kappa shape index (κ1) is 13.7. The van der Waals surface area contributed by atoms with E-state index < -0.39 is 0 Å². The van der Waals surface area contributed by atoms with Gasteiger partial charge in [-0.3, -0.25) is 0 Å². The summed E-state index contributed by atoms with van der Waals surface area (Å²) in [4.78, 5) is 0. The van der Waals surface area contributed by atoms with E-state index in [1.807, 2.05) is 42.5 Å². The maximum Gasteiger partial charge on any atom is 0.121 e. The van der Waals surface area contributed by atoms with E-state index in [1.54, 1.807) is 6.07 Å². The monoisotopic (exact) mass is 262 g/mol. The molecule has 2 aromatic rings. The van der Waals surface area contributed by atoms with Gasteiger partial charge in [-0.25, -0.2) is 0 Å². The Labute approximate surface area is 118 Å². The SMILES string of the molecule is N#Cc1ccccc1COc1cccc(C#CCN)c1. The molecule has 0 spiro atoms. The summed E-state index contributed by atoms with van der Waals surface area (Å²) in [5, 5.41) is 9.02. The molecular formula is C17H14N2O. The van der Waals surface area contributed by atoms with Crippen LogP contribution in [0.4, 0.5) is 0 Å². The van der Waals surface area contributed by atoms with Crippen LogP contribution in [-0.2, 0) is 6.61 Å². The number of hydrogen-bond donors (Lipinski definition) is 1. The van der Waals surface area contributed by atoms with Gasteiger partial charge in [-0.1, -0.05) is 36.1 Å². The predicted molar refractivity (Wildman–Crippen MR) is 77.9 cm³/mol. The zero-order valence-corrected chi connectivity index (χ0v) is 11.0. The quantitative estimate of drug-likeness (QED) is 0.864. The summed E-state index contributed by atoms with van der Waals surface area (Å²) in [7, 11) is 0. The highest BCUT2D eigenvalue weighted by molar-refractivity contribution is 5.41. The summed E-state index contributed by atoms with van der Waals surface area (Å²) in [6, 6.07) is 17.1. The fraction of sp³-hybridized carbons (Fsp3) is 0.118. The molecule has 0 bridgehead atoms. The lowest BCUT2D eigenvalue weighted by Gasteiger charge is -2.07. The molecule has 3 nitrogen and oxygen atoms in total. The molecule has 3 heteroatoms. The van der Waals surface area contributed by atoms with Crippen molar-refractivity contribution in [3.05, 3.63) is 65.2 Å². The Morgan fingerprint density at radius 1 is 1.10 bits per heavy atom. The number of rotatable bonds is 3. The van der Waals surface area contributed by atoms with Crippen LogP contribution in [0.15, 0.2) is 48.5 Å². The Balaban J connectivity index is 2.09. The first-order valence-corrected chi connectivity index (χ1v) is 6.23. The number of hydrogen-bond acceptors (Lipinski definition) is 3. The minimum Gasteiger partial charge on any atom is -0.489 e. The van der Waals surface area contributed by atoms with Gasteiger partial charge in [0.25, 0.3) is 0 Å². The van der Waals surface area contributed by atoms with Crippen LogP contribution >= 0.6 is 0 Å². The zero-order chi connectivity index (χ0) is 14.2. The number of nitrogens with zero attached hydrogens (tertiary/aromatic N) is 1. The molecule has 0 amide bonds. The molecule has 0 atom stereocenters. The van der Waals surface area contributed by atoms with E-state index >= 15 is 0 Å². The molecule has 0 radical (unpaired) electrons. The van der Waals surface area contributed by atoms with Crippen LogP contribution in [-0.4, -0.2) is 6.54 Å². The topological polar surface area (TPSA) is 59.0 Å². The Morgan fingerprint density at radius 2 is 1.95 bits per heavy atom. The van der Waals surface area contributed by atoms with Crippen molar-refractivity contribution in [3.63, 3.8) is 0 Å². The molecule has 0 unspecified atom stereocenters. The van der Waals surface area contributed by atoms with Crippen LogP contribution in [0, 0.1) is 23.2 Å². The van der Waals surface area contributed by atoms with Crippen LogP contribution < -0.4 is 10.5 Å². The third kappa shape index (κ3) is 3.62. The van der Waals surface area contributed by atoms with E-state index in [0.717, 1.165) is 16.9 Å². The Kier molecular flexibility index (Phi) is 4.78. The summed E-state index contributed by atoms with van der Waals surface area (Å²) < 4.78 is 5.71. The van der Waals surface area contributed by atoms with E-state index in [0.29, 0.717) is 18.7 Å². The average molecular weight is 262 g/mol. The molecule has 0 aliphatic rings. The number of nitrogens with two attached hydrogens (primary N) is 1. The van der Waals surface area contributed by atoms with Gasteiger partial charge in [-0.2, -0.15) is 5.26 Å².